The summed E-state index contributed by atoms with van der Waals surface area (Å²) in [5, 5.41) is 9.24. The van der Waals surface area contributed by atoms with Crippen LogP contribution in [0.1, 0.15) is 28.5 Å². The highest BCUT2D eigenvalue weighted by Crippen LogP contribution is 2.21. The van der Waals surface area contributed by atoms with Crippen LogP contribution in [-0.4, -0.2) is 23.0 Å². The van der Waals surface area contributed by atoms with Gasteiger partial charge < -0.3 is 15.2 Å². The van der Waals surface area contributed by atoms with E-state index in [1.54, 1.807) is 13.0 Å². The number of nitrogens with one attached hydrogen (secondary N) is 2. The minimum atomic E-state index is -0.694. The van der Waals surface area contributed by atoms with Gasteiger partial charge >= 0.3 is 0 Å². The monoisotopic (exact) mass is 363 g/mol. The van der Waals surface area contributed by atoms with Gasteiger partial charge in [0, 0.05) is 18.2 Å². The van der Waals surface area contributed by atoms with Crippen LogP contribution in [0, 0.1) is 6.92 Å². The van der Waals surface area contributed by atoms with Crippen molar-refractivity contribution >= 4 is 11.8 Å². The van der Waals surface area contributed by atoms with E-state index < -0.39 is 11.9 Å². The second-order valence-corrected chi connectivity index (χ2v) is 6.34. The molecule has 2 amide bonds. The number of amides is 2. The number of carbonyl (C=O) groups is 2. The molecule has 0 spiro atoms. The lowest BCUT2D eigenvalue weighted by atomic mass is 10.1. The SMILES string of the molecule is Cc1cccc(-c2cc(C(=O)NC(C)C(=O)NCc3ccccc3)no2)c1. The first-order valence-corrected chi connectivity index (χ1v) is 8.69. The minimum Gasteiger partial charge on any atom is -0.355 e. The second-order valence-electron chi connectivity index (χ2n) is 6.34. The Morgan fingerprint density at radius 1 is 1.07 bits per heavy atom. The molecule has 6 heteroatoms. The molecule has 1 atom stereocenters. The van der Waals surface area contributed by atoms with E-state index in [1.807, 2.05) is 61.5 Å². The van der Waals surface area contributed by atoms with Crippen LogP contribution in [0.3, 0.4) is 0 Å². The number of nitrogens with zero attached hydrogens (tertiary/aromatic N) is 1. The Kier molecular flexibility index (Phi) is 5.66. The predicted octanol–water partition coefficient (Wildman–Crippen LogP) is 3.08. The molecule has 2 N–H and O–H groups in total. The third kappa shape index (κ3) is 4.82. The van der Waals surface area contributed by atoms with E-state index >= 15 is 0 Å². The zero-order chi connectivity index (χ0) is 19.2. The Balaban J connectivity index is 1.57. The van der Waals surface area contributed by atoms with Gasteiger partial charge in [-0.2, -0.15) is 0 Å². The molecule has 1 heterocycles. The fraction of sp³-hybridized carbons (Fsp3) is 0.190. The van der Waals surface area contributed by atoms with Gasteiger partial charge in [0.05, 0.1) is 0 Å². The van der Waals surface area contributed by atoms with E-state index in [0.717, 1.165) is 16.7 Å². The van der Waals surface area contributed by atoms with Crippen LogP contribution >= 0.6 is 0 Å². The van der Waals surface area contributed by atoms with Gasteiger partial charge in [-0.1, -0.05) is 59.3 Å². The molecule has 0 saturated carbocycles. The lowest BCUT2D eigenvalue weighted by molar-refractivity contribution is -0.122. The highest BCUT2D eigenvalue weighted by Gasteiger charge is 2.19. The summed E-state index contributed by atoms with van der Waals surface area (Å²) in [7, 11) is 0. The average Bonchev–Trinajstić information content (AvgIpc) is 3.17. The summed E-state index contributed by atoms with van der Waals surface area (Å²) in [6.45, 7) is 4.00. The zero-order valence-electron chi connectivity index (χ0n) is 15.2. The van der Waals surface area contributed by atoms with Crippen LogP contribution in [0.25, 0.3) is 11.3 Å². The number of aryl methyl sites for hydroxylation is 1. The van der Waals surface area contributed by atoms with Crippen molar-refractivity contribution in [2.45, 2.75) is 26.4 Å². The molecule has 27 heavy (non-hydrogen) atoms. The van der Waals surface area contributed by atoms with Gasteiger partial charge in [0.25, 0.3) is 5.91 Å². The molecule has 138 valence electrons. The fourth-order valence-electron chi connectivity index (χ4n) is 2.59. The number of aromatic nitrogens is 1. The minimum absolute atomic E-state index is 0.134. The van der Waals surface area contributed by atoms with Crippen LogP contribution in [-0.2, 0) is 11.3 Å². The number of rotatable bonds is 6. The topological polar surface area (TPSA) is 84.2 Å². The molecular formula is C21H21N3O3. The van der Waals surface area contributed by atoms with E-state index in [9.17, 15) is 9.59 Å². The molecule has 0 aliphatic heterocycles. The van der Waals surface area contributed by atoms with Crippen molar-refractivity contribution in [1.29, 1.82) is 0 Å². The van der Waals surface area contributed by atoms with Crippen molar-refractivity contribution < 1.29 is 14.1 Å². The van der Waals surface area contributed by atoms with Gasteiger partial charge in [-0.15, -0.1) is 0 Å². The van der Waals surface area contributed by atoms with Crippen molar-refractivity contribution in [3.05, 3.63) is 77.5 Å². The molecule has 2 aromatic carbocycles. The Morgan fingerprint density at radius 2 is 1.85 bits per heavy atom. The summed E-state index contributed by atoms with van der Waals surface area (Å²) >= 11 is 0. The molecule has 1 aromatic heterocycles. The second kappa shape index (κ2) is 8.31. The first-order valence-electron chi connectivity index (χ1n) is 8.69. The Hall–Kier alpha value is -3.41. The van der Waals surface area contributed by atoms with Gasteiger partial charge in [0.15, 0.2) is 11.5 Å². The summed E-state index contributed by atoms with van der Waals surface area (Å²) in [4.78, 5) is 24.5. The molecule has 0 saturated heterocycles. The van der Waals surface area contributed by atoms with Crippen LogP contribution < -0.4 is 10.6 Å². The summed E-state index contributed by atoms with van der Waals surface area (Å²) in [5.41, 5.74) is 3.05. The average molecular weight is 363 g/mol. The largest absolute Gasteiger partial charge is 0.355 e. The van der Waals surface area contributed by atoms with E-state index in [4.69, 9.17) is 4.52 Å². The van der Waals surface area contributed by atoms with E-state index in [0.29, 0.717) is 12.3 Å². The van der Waals surface area contributed by atoms with Crippen molar-refractivity contribution in [2.75, 3.05) is 0 Å². The highest BCUT2D eigenvalue weighted by molar-refractivity contribution is 5.96. The lowest BCUT2D eigenvalue weighted by Gasteiger charge is -2.13. The van der Waals surface area contributed by atoms with Gasteiger partial charge in [-0.25, -0.2) is 0 Å². The van der Waals surface area contributed by atoms with Gasteiger partial charge in [0.2, 0.25) is 5.91 Å². The van der Waals surface area contributed by atoms with Crippen molar-refractivity contribution in [3.8, 4) is 11.3 Å². The number of hydrogen-bond acceptors (Lipinski definition) is 4. The molecule has 3 rings (SSSR count). The molecule has 0 radical (unpaired) electrons. The Morgan fingerprint density at radius 3 is 2.59 bits per heavy atom. The van der Waals surface area contributed by atoms with E-state index in [2.05, 4.69) is 15.8 Å². The molecule has 6 nitrogen and oxygen atoms in total. The first-order chi connectivity index (χ1) is 13.0. The Labute approximate surface area is 157 Å². The standard InChI is InChI=1S/C21H21N3O3/c1-14-7-6-10-17(11-14)19-12-18(24-27-19)21(26)23-15(2)20(25)22-13-16-8-4-3-5-9-16/h3-12,15H,13H2,1-2H3,(H,22,25)(H,23,26). The van der Waals surface area contributed by atoms with E-state index in [1.165, 1.54) is 0 Å². The normalized spacial score (nSPS) is 11.6. The summed E-state index contributed by atoms with van der Waals surface area (Å²) in [6, 6.07) is 18.2. The van der Waals surface area contributed by atoms with Crippen molar-refractivity contribution in [3.63, 3.8) is 0 Å². The maximum atomic E-state index is 12.3. The predicted molar refractivity (Wildman–Crippen MR) is 102 cm³/mol. The van der Waals surface area contributed by atoms with Crippen molar-refractivity contribution in [2.24, 2.45) is 0 Å². The summed E-state index contributed by atoms with van der Waals surface area (Å²) in [6.07, 6.45) is 0. The van der Waals surface area contributed by atoms with Crippen LogP contribution in [0.4, 0.5) is 0 Å². The third-order valence-electron chi connectivity index (χ3n) is 4.10. The molecule has 1 unspecified atom stereocenters. The maximum absolute atomic E-state index is 12.3. The smallest absolute Gasteiger partial charge is 0.274 e. The molecule has 0 bridgehead atoms. The van der Waals surface area contributed by atoms with Crippen molar-refractivity contribution in [1.82, 2.24) is 15.8 Å². The summed E-state index contributed by atoms with van der Waals surface area (Å²) < 4.78 is 5.26. The van der Waals surface area contributed by atoms with Crippen LogP contribution in [0.15, 0.2) is 65.2 Å². The quantitative estimate of drug-likeness (QED) is 0.705. The maximum Gasteiger partial charge on any atom is 0.274 e. The van der Waals surface area contributed by atoms with Gasteiger partial charge in [0.1, 0.15) is 6.04 Å². The molecule has 0 fully saturated rings. The zero-order valence-corrected chi connectivity index (χ0v) is 15.2. The molecular weight excluding hydrogens is 342 g/mol. The van der Waals surface area contributed by atoms with Crippen LogP contribution in [0.5, 0.6) is 0 Å². The molecule has 0 aliphatic carbocycles. The van der Waals surface area contributed by atoms with E-state index in [-0.39, 0.29) is 11.6 Å². The number of carbonyl (C=O) groups excluding carboxylic acids is 2. The molecule has 0 aliphatic rings. The third-order valence-corrected chi connectivity index (χ3v) is 4.10. The Bertz CT molecular complexity index is 935. The number of hydrogen-bond donors (Lipinski definition) is 2. The lowest BCUT2D eigenvalue weighted by Crippen LogP contribution is -2.44. The number of benzene rings is 2. The van der Waals surface area contributed by atoms with Crippen LogP contribution in [0.2, 0.25) is 0 Å². The highest BCUT2D eigenvalue weighted by atomic mass is 16.5. The fourth-order valence-corrected chi connectivity index (χ4v) is 2.59. The first kappa shape index (κ1) is 18.4. The van der Waals surface area contributed by atoms with Gasteiger partial charge in [-0.05, 0) is 25.5 Å². The summed E-state index contributed by atoms with van der Waals surface area (Å²) in [5.74, 6) is -0.223. The van der Waals surface area contributed by atoms with Gasteiger partial charge in [-0.3, -0.25) is 9.59 Å². The molecule has 3 aromatic rings.